The molecule has 0 aromatic heterocycles. The Morgan fingerprint density at radius 2 is 2.14 bits per heavy atom. The van der Waals surface area contributed by atoms with Crippen LogP contribution in [0.25, 0.3) is 0 Å². The second-order valence-corrected chi connectivity index (χ2v) is 1.74. The van der Waals surface area contributed by atoms with Gasteiger partial charge in [-0.2, -0.15) is 0 Å². The summed E-state index contributed by atoms with van der Waals surface area (Å²) in [6.07, 6.45) is 3.32. The summed E-state index contributed by atoms with van der Waals surface area (Å²) in [4.78, 5) is 0. The fourth-order valence-electron chi connectivity index (χ4n) is 0.482. The van der Waals surface area contributed by atoms with Crippen LogP contribution in [-0.4, -0.2) is 24.4 Å². The molecular weight excluding hydrogens is 86.1 g/mol. The normalized spacial score (nSPS) is 12.1. The first-order valence-electron chi connectivity index (χ1n) is 2.81. The van der Waals surface area contributed by atoms with E-state index in [1.165, 1.54) is 13.0 Å². The summed E-state index contributed by atoms with van der Waals surface area (Å²) in [7, 11) is 2.09. The zero-order chi connectivity index (χ0) is 5.70. The zero-order valence-corrected chi connectivity index (χ0v) is 5.44. The topological polar surface area (TPSA) is 3.01 Å². The van der Waals surface area contributed by atoms with Gasteiger partial charge < -0.3 is 0 Å². The molecule has 0 spiro atoms. The first-order valence-corrected chi connectivity index (χ1v) is 2.81. The Kier molecular flexibility index (Phi) is 3.67. The number of nitrogens with zero attached hydrogens (tertiary/aromatic N) is 1. The van der Waals surface area contributed by atoms with Gasteiger partial charge in [-0.1, -0.05) is 6.92 Å². The Balaban J connectivity index is 3.17. The van der Waals surface area contributed by atoms with Crippen molar-refractivity contribution in [3.63, 3.8) is 0 Å². The van der Waals surface area contributed by atoms with Crippen molar-refractivity contribution >= 4 is 6.21 Å². The summed E-state index contributed by atoms with van der Waals surface area (Å²) >= 11 is 0. The van der Waals surface area contributed by atoms with Crippen LogP contribution >= 0.6 is 0 Å². The fraction of sp³-hybridized carbons (Fsp3) is 0.833. The van der Waals surface area contributed by atoms with E-state index < -0.39 is 0 Å². The molecule has 0 radical (unpaired) electrons. The summed E-state index contributed by atoms with van der Waals surface area (Å²) < 4.78 is 2.18. The Morgan fingerprint density at radius 3 is 2.29 bits per heavy atom. The molecule has 0 aromatic carbocycles. The van der Waals surface area contributed by atoms with Crippen molar-refractivity contribution in [2.45, 2.75) is 20.3 Å². The second kappa shape index (κ2) is 3.85. The molecule has 42 valence electrons. The predicted octanol–water partition coefficient (Wildman–Crippen LogP) is 1.13. The zero-order valence-electron chi connectivity index (χ0n) is 5.44. The number of hydrogen-bond acceptors (Lipinski definition) is 0. The van der Waals surface area contributed by atoms with Gasteiger partial charge in [0.1, 0.15) is 19.8 Å². The second-order valence-electron chi connectivity index (χ2n) is 1.74. The fourth-order valence-corrected chi connectivity index (χ4v) is 0.482. The van der Waals surface area contributed by atoms with E-state index in [1.54, 1.807) is 0 Å². The molecule has 1 heteroatoms. The smallest absolute Gasteiger partial charge is 0.142 e. The van der Waals surface area contributed by atoms with E-state index in [1.807, 2.05) is 0 Å². The van der Waals surface area contributed by atoms with E-state index in [4.69, 9.17) is 0 Å². The van der Waals surface area contributed by atoms with Crippen molar-refractivity contribution in [3.05, 3.63) is 0 Å². The molecule has 0 aliphatic rings. The van der Waals surface area contributed by atoms with Crippen LogP contribution < -0.4 is 0 Å². The SMILES string of the molecule is CC=[N+](C)CCC. The highest BCUT2D eigenvalue weighted by Gasteiger charge is 1.84. The molecule has 0 rings (SSSR count). The molecular formula is C6H14N+. The highest BCUT2D eigenvalue weighted by atomic mass is 14.9. The van der Waals surface area contributed by atoms with Gasteiger partial charge in [0.15, 0.2) is 0 Å². The summed E-state index contributed by atoms with van der Waals surface area (Å²) in [6, 6.07) is 0. The first-order chi connectivity index (χ1) is 3.31. The van der Waals surface area contributed by atoms with Crippen LogP contribution in [0, 0.1) is 0 Å². The molecule has 1 nitrogen and oxygen atoms in total. The largest absolute Gasteiger partial charge is 0.243 e. The van der Waals surface area contributed by atoms with Crippen molar-refractivity contribution in [2.75, 3.05) is 13.6 Å². The minimum Gasteiger partial charge on any atom is -0.243 e. The quantitative estimate of drug-likeness (QED) is 0.361. The molecule has 0 aliphatic carbocycles. The van der Waals surface area contributed by atoms with Crippen LogP contribution in [0.4, 0.5) is 0 Å². The van der Waals surface area contributed by atoms with Crippen LogP contribution in [0.3, 0.4) is 0 Å². The average molecular weight is 100 g/mol. The summed E-state index contributed by atoms with van der Waals surface area (Å²) in [6.45, 7) is 5.41. The Morgan fingerprint density at radius 1 is 1.57 bits per heavy atom. The van der Waals surface area contributed by atoms with Crippen LogP contribution in [0.5, 0.6) is 0 Å². The van der Waals surface area contributed by atoms with E-state index in [2.05, 4.69) is 31.7 Å². The van der Waals surface area contributed by atoms with Gasteiger partial charge >= 0.3 is 0 Å². The van der Waals surface area contributed by atoms with Crippen molar-refractivity contribution in [1.82, 2.24) is 0 Å². The van der Waals surface area contributed by atoms with Crippen LogP contribution in [0.1, 0.15) is 20.3 Å². The molecule has 0 atom stereocenters. The van der Waals surface area contributed by atoms with Crippen molar-refractivity contribution < 1.29 is 4.58 Å². The molecule has 0 unspecified atom stereocenters. The summed E-state index contributed by atoms with van der Waals surface area (Å²) in [5, 5.41) is 0. The standard InChI is InChI=1S/C6H14N/c1-4-6-7(3)5-2/h5H,4,6H2,1-3H3/q+1. The van der Waals surface area contributed by atoms with Gasteiger partial charge in [0.25, 0.3) is 0 Å². The lowest BCUT2D eigenvalue weighted by molar-refractivity contribution is -0.492. The minimum absolute atomic E-state index is 1.18. The Hall–Kier alpha value is -0.330. The van der Waals surface area contributed by atoms with E-state index in [0.29, 0.717) is 0 Å². The van der Waals surface area contributed by atoms with Gasteiger partial charge in [0.2, 0.25) is 0 Å². The van der Waals surface area contributed by atoms with Crippen LogP contribution in [0.2, 0.25) is 0 Å². The number of hydrogen-bond donors (Lipinski definition) is 0. The molecule has 0 aromatic rings. The lowest BCUT2D eigenvalue weighted by Crippen LogP contribution is -2.05. The minimum atomic E-state index is 1.18. The highest BCUT2D eigenvalue weighted by Crippen LogP contribution is 1.72. The molecule has 0 bridgehead atoms. The lowest BCUT2D eigenvalue weighted by atomic mass is 10.5. The predicted molar refractivity (Wildman–Crippen MR) is 33.1 cm³/mol. The van der Waals surface area contributed by atoms with Gasteiger partial charge in [0, 0.05) is 13.3 Å². The van der Waals surface area contributed by atoms with Gasteiger partial charge in [-0.25, -0.2) is 4.58 Å². The molecule has 0 amide bonds. The van der Waals surface area contributed by atoms with Crippen molar-refractivity contribution in [3.8, 4) is 0 Å². The molecule has 0 heterocycles. The third kappa shape index (κ3) is 3.50. The third-order valence-corrected chi connectivity index (χ3v) is 1.02. The maximum Gasteiger partial charge on any atom is 0.142 e. The van der Waals surface area contributed by atoms with E-state index in [-0.39, 0.29) is 0 Å². The van der Waals surface area contributed by atoms with Gasteiger partial charge in [-0.05, 0) is 0 Å². The molecule has 0 aliphatic heterocycles. The van der Waals surface area contributed by atoms with Gasteiger partial charge in [-0.15, -0.1) is 0 Å². The summed E-state index contributed by atoms with van der Waals surface area (Å²) in [5.41, 5.74) is 0. The monoisotopic (exact) mass is 100 g/mol. The van der Waals surface area contributed by atoms with E-state index in [0.717, 1.165) is 0 Å². The number of rotatable bonds is 2. The average Bonchev–Trinajstić information content (AvgIpc) is 1.68. The van der Waals surface area contributed by atoms with Gasteiger partial charge in [-0.3, -0.25) is 0 Å². The summed E-state index contributed by atoms with van der Waals surface area (Å²) in [5.74, 6) is 0. The lowest BCUT2D eigenvalue weighted by Gasteiger charge is -1.87. The maximum absolute atomic E-state index is 2.18. The van der Waals surface area contributed by atoms with E-state index in [9.17, 15) is 0 Å². The van der Waals surface area contributed by atoms with Gasteiger partial charge in [0.05, 0.1) is 0 Å². The first kappa shape index (κ1) is 6.67. The highest BCUT2D eigenvalue weighted by molar-refractivity contribution is 5.46. The van der Waals surface area contributed by atoms with Crippen LogP contribution in [0.15, 0.2) is 0 Å². The van der Waals surface area contributed by atoms with Crippen molar-refractivity contribution in [1.29, 1.82) is 0 Å². The Labute approximate surface area is 45.7 Å². The van der Waals surface area contributed by atoms with Crippen LogP contribution in [-0.2, 0) is 0 Å². The molecule has 0 saturated carbocycles. The molecule has 0 fully saturated rings. The molecule has 0 N–H and O–H groups in total. The molecule has 0 saturated heterocycles. The van der Waals surface area contributed by atoms with E-state index >= 15 is 0 Å². The third-order valence-electron chi connectivity index (χ3n) is 1.02. The molecule has 7 heavy (non-hydrogen) atoms. The Bertz CT molecular complexity index is 64.6. The van der Waals surface area contributed by atoms with Crippen molar-refractivity contribution in [2.24, 2.45) is 0 Å². The maximum atomic E-state index is 2.18.